The van der Waals surface area contributed by atoms with Crippen molar-refractivity contribution in [2.75, 3.05) is 0 Å². The number of hydrogen-bond acceptors (Lipinski definition) is 3. The number of halogens is 1. The van der Waals surface area contributed by atoms with E-state index in [1.807, 2.05) is 42.7 Å². The standard InChI is InChI=1S/C15H10IN3/c16-13-5-6-14(11-3-1-7-17-9-11)19-15(13)12-4-2-8-18-10-12/h1-10H. The van der Waals surface area contributed by atoms with E-state index < -0.39 is 0 Å². The molecule has 0 saturated heterocycles. The van der Waals surface area contributed by atoms with Gasteiger partial charge in [-0.05, 0) is 59.0 Å². The number of pyridine rings is 3. The van der Waals surface area contributed by atoms with Gasteiger partial charge in [0.15, 0.2) is 0 Å². The van der Waals surface area contributed by atoms with Crippen LogP contribution in [0.2, 0.25) is 0 Å². The van der Waals surface area contributed by atoms with Crippen molar-refractivity contribution in [3.05, 3.63) is 64.8 Å². The second kappa shape index (κ2) is 5.44. The zero-order valence-corrected chi connectivity index (χ0v) is 12.2. The van der Waals surface area contributed by atoms with Crippen molar-refractivity contribution in [3.8, 4) is 22.5 Å². The summed E-state index contributed by atoms with van der Waals surface area (Å²) in [5.74, 6) is 0. The maximum Gasteiger partial charge on any atom is 0.0858 e. The molecule has 3 heterocycles. The van der Waals surface area contributed by atoms with Crippen LogP contribution in [0.1, 0.15) is 0 Å². The number of hydrogen-bond donors (Lipinski definition) is 0. The van der Waals surface area contributed by atoms with Crippen LogP contribution in [-0.2, 0) is 0 Å². The van der Waals surface area contributed by atoms with Crippen LogP contribution in [0.25, 0.3) is 22.5 Å². The van der Waals surface area contributed by atoms with Crippen LogP contribution < -0.4 is 0 Å². The minimum Gasteiger partial charge on any atom is -0.264 e. The van der Waals surface area contributed by atoms with E-state index in [9.17, 15) is 0 Å². The zero-order chi connectivity index (χ0) is 13.1. The van der Waals surface area contributed by atoms with E-state index >= 15 is 0 Å². The van der Waals surface area contributed by atoms with Gasteiger partial charge in [0.2, 0.25) is 0 Å². The van der Waals surface area contributed by atoms with Gasteiger partial charge in [0, 0.05) is 39.5 Å². The van der Waals surface area contributed by atoms with Crippen LogP contribution in [0, 0.1) is 3.57 Å². The molecule has 19 heavy (non-hydrogen) atoms. The summed E-state index contributed by atoms with van der Waals surface area (Å²) < 4.78 is 1.11. The Labute approximate surface area is 124 Å². The minimum absolute atomic E-state index is 0.923. The Morgan fingerprint density at radius 3 is 2.11 bits per heavy atom. The molecular formula is C15H10IN3. The Balaban J connectivity index is 2.12. The van der Waals surface area contributed by atoms with Crippen LogP contribution in [0.3, 0.4) is 0 Å². The van der Waals surface area contributed by atoms with E-state index in [4.69, 9.17) is 4.98 Å². The van der Waals surface area contributed by atoms with Gasteiger partial charge in [-0.3, -0.25) is 9.97 Å². The summed E-state index contributed by atoms with van der Waals surface area (Å²) in [5.41, 5.74) is 3.92. The highest BCUT2D eigenvalue weighted by atomic mass is 127. The van der Waals surface area contributed by atoms with Gasteiger partial charge in [-0.1, -0.05) is 0 Å². The third kappa shape index (κ3) is 2.63. The van der Waals surface area contributed by atoms with Gasteiger partial charge in [-0.15, -0.1) is 0 Å². The molecule has 92 valence electrons. The quantitative estimate of drug-likeness (QED) is 0.654. The topological polar surface area (TPSA) is 38.7 Å². The van der Waals surface area contributed by atoms with E-state index in [-0.39, 0.29) is 0 Å². The van der Waals surface area contributed by atoms with Gasteiger partial charge in [-0.25, -0.2) is 4.98 Å². The molecule has 0 aliphatic heterocycles. The molecule has 0 aliphatic carbocycles. The van der Waals surface area contributed by atoms with Gasteiger partial charge >= 0.3 is 0 Å². The van der Waals surface area contributed by atoms with Crippen LogP contribution in [0.4, 0.5) is 0 Å². The fourth-order valence-corrected chi connectivity index (χ4v) is 2.43. The van der Waals surface area contributed by atoms with E-state index in [0.29, 0.717) is 0 Å². The van der Waals surface area contributed by atoms with Crippen molar-refractivity contribution in [2.24, 2.45) is 0 Å². The summed E-state index contributed by atoms with van der Waals surface area (Å²) in [7, 11) is 0. The maximum absolute atomic E-state index is 4.73. The molecule has 0 saturated carbocycles. The van der Waals surface area contributed by atoms with Gasteiger partial charge in [0.1, 0.15) is 0 Å². The minimum atomic E-state index is 0.923. The van der Waals surface area contributed by atoms with Crippen molar-refractivity contribution >= 4 is 22.6 Å². The summed E-state index contributed by atoms with van der Waals surface area (Å²) in [5, 5.41) is 0. The Morgan fingerprint density at radius 1 is 0.789 bits per heavy atom. The molecule has 3 aromatic rings. The lowest BCUT2D eigenvalue weighted by atomic mass is 10.1. The highest BCUT2D eigenvalue weighted by molar-refractivity contribution is 14.1. The lowest BCUT2D eigenvalue weighted by Gasteiger charge is -2.06. The molecule has 3 nitrogen and oxygen atoms in total. The molecule has 4 heteroatoms. The Bertz CT molecular complexity index is 684. The van der Waals surface area contributed by atoms with Crippen LogP contribution in [0.15, 0.2) is 61.2 Å². The first-order chi connectivity index (χ1) is 9.34. The SMILES string of the molecule is Ic1ccc(-c2cccnc2)nc1-c1cccnc1. The summed E-state index contributed by atoms with van der Waals surface area (Å²) in [6.07, 6.45) is 7.18. The highest BCUT2D eigenvalue weighted by Crippen LogP contribution is 2.26. The molecule has 0 aromatic carbocycles. The monoisotopic (exact) mass is 359 g/mol. The molecule has 0 spiro atoms. The Kier molecular flexibility index (Phi) is 3.50. The average molecular weight is 359 g/mol. The summed E-state index contributed by atoms with van der Waals surface area (Å²) in [4.78, 5) is 13.0. The molecule has 3 aromatic heterocycles. The van der Waals surface area contributed by atoms with E-state index in [2.05, 4.69) is 38.6 Å². The lowest BCUT2D eigenvalue weighted by molar-refractivity contribution is 1.25. The summed E-state index contributed by atoms with van der Waals surface area (Å²) in [6, 6.07) is 11.9. The molecule has 0 bridgehead atoms. The summed E-state index contributed by atoms with van der Waals surface area (Å²) >= 11 is 2.29. The fraction of sp³-hybridized carbons (Fsp3) is 0. The number of aromatic nitrogens is 3. The number of nitrogens with zero attached hydrogens (tertiary/aromatic N) is 3. The molecule has 0 unspecified atom stereocenters. The van der Waals surface area contributed by atoms with Crippen LogP contribution >= 0.6 is 22.6 Å². The molecule has 0 atom stereocenters. The molecule has 3 rings (SSSR count). The lowest BCUT2D eigenvalue weighted by Crippen LogP contribution is -1.92. The zero-order valence-electron chi connectivity index (χ0n) is 9.99. The summed E-state index contributed by atoms with van der Waals surface area (Å²) in [6.45, 7) is 0. The first-order valence-corrected chi connectivity index (χ1v) is 6.90. The maximum atomic E-state index is 4.73. The second-order valence-electron chi connectivity index (χ2n) is 4.01. The first-order valence-electron chi connectivity index (χ1n) is 5.82. The van der Waals surface area contributed by atoms with Crippen LogP contribution in [-0.4, -0.2) is 15.0 Å². The smallest absolute Gasteiger partial charge is 0.0858 e. The molecule has 0 N–H and O–H groups in total. The van der Waals surface area contributed by atoms with Crippen molar-refractivity contribution < 1.29 is 0 Å². The predicted molar refractivity (Wildman–Crippen MR) is 83.4 cm³/mol. The second-order valence-corrected chi connectivity index (χ2v) is 5.17. The Hall–Kier alpha value is -1.82. The van der Waals surface area contributed by atoms with E-state index in [1.165, 1.54) is 0 Å². The predicted octanol–water partition coefficient (Wildman–Crippen LogP) is 3.81. The normalized spacial score (nSPS) is 10.4. The average Bonchev–Trinajstić information content (AvgIpc) is 2.49. The molecule has 0 amide bonds. The molecule has 0 fully saturated rings. The van der Waals surface area contributed by atoms with E-state index in [0.717, 1.165) is 26.1 Å². The van der Waals surface area contributed by atoms with Crippen molar-refractivity contribution in [2.45, 2.75) is 0 Å². The van der Waals surface area contributed by atoms with Gasteiger partial charge in [-0.2, -0.15) is 0 Å². The third-order valence-corrected chi connectivity index (χ3v) is 3.61. The van der Waals surface area contributed by atoms with Crippen molar-refractivity contribution in [1.82, 2.24) is 15.0 Å². The van der Waals surface area contributed by atoms with Gasteiger partial charge < -0.3 is 0 Å². The van der Waals surface area contributed by atoms with Gasteiger partial charge in [0.05, 0.1) is 11.4 Å². The third-order valence-electron chi connectivity index (χ3n) is 2.74. The van der Waals surface area contributed by atoms with Crippen molar-refractivity contribution in [1.29, 1.82) is 0 Å². The van der Waals surface area contributed by atoms with Crippen LogP contribution in [0.5, 0.6) is 0 Å². The van der Waals surface area contributed by atoms with Gasteiger partial charge in [0.25, 0.3) is 0 Å². The van der Waals surface area contributed by atoms with E-state index in [1.54, 1.807) is 12.4 Å². The largest absolute Gasteiger partial charge is 0.264 e. The molecular weight excluding hydrogens is 349 g/mol. The molecule has 0 aliphatic rings. The highest BCUT2D eigenvalue weighted by Gasteiger charge is 2.07. The first kappa shape index (κ1) is 12.2. The van der Waals surface area contributed by atoms with Crippen molar-refractivity contribution in [3.63, 3.8) is 0 Å². The number of rotatable bonds is 2. The Morgan fingerprint density at radius 2 is 1.47 bits per heavy atom. The molecule has 0 radical (unpaired) electrons. The fourth-order valence-electron chi connectivity index (χ4n) is 1.82.